The molecule has 3 rings (SSSR count). The van der Waals surface area contributed by atoms with Crippen molar-refractivity contribution in [2.75, 3.05) is 6.54 Å². The Morgan fingerprint density at radius 3 is 2.50 bits per heavy atom. The zero-order chi connectivity index (χ0) is 20.3. The molecule has 2 N–H and O–H groups in total. The lowest BCUT2D eigenvalue weighted by Crippen LogP contribution is -2.26. The van der Waals surface area contributed by atoms with Crippen molar-refractivity contribution in [3.05, 3.63) is 74.1 Å². The number of halogens is 1. The molecule has 0 unspecified atom stereocenters. The van der Waals surface area contributed by atoms with Crippen molar-refractivity contribution < 1.29 is 14.3 Å². The van der Waals surface area contributed by atoms with Gasteiger partial charge in [0.2, 0.25) is 5.91 Å². The molecule has 0 atom stereocenters. The SMILES string of the molecule is Cc1c(CCC(=O)NCCc2ccc(Cl)cc2)c(=O)oc2c(C)c(O)ccc12. The molecule has 6 heteroatoms. The van der Waals surface area contributed by atoms with E-state index in [4.69, 9.17) is 16.0 Å². The lowest BCUT2D eigenvalue weighted by molar-refractivity contribution is -0.121. The summed E-state index contributed by atoms with van der Waals surface area (Å²) < 4.78 is 5.41. The summed E-state index contributed by atoms with van der Waals surface area (Å²) in [6.07, 6.45) is 1.22. The summed E-state index contributed by atoms with van der Waals surface area (Å²) in [5.41, 5.74) is 2.82. The molecule has 146 valence electrons. The number of hydrogen-bond acceptors (Lipinski definition) is 4. The van der Waals surface area contributed by atoms with Gasteiger partial charge in [0.1, 0.15) is 11.3 Å². The average Bonchev–Trinajstić information content (AvgIpc) is 2.66. The monoisotopic (exact) mass is 399 g/mol. The molecule has 3 aromatic rings. The van der Waals surface area contributed by atoms with Gasteiger partial charge in [0.25, 0.3) is 0 Å². The van der Waals surface area contributed by atoms with Gasteiger partial charge in [-0.3, -0.25) is 4.79 Å². The summed E-state index contributed by atoms with van der Waals surface area (Å²) in [7, 11) is 0. The van der Waals surface area contributed by atoms with Crippen LogP contribution in [0.2, 0.25) is 5.02 Å². The van der Waals surface area contributed by atoms with Crippen LogP contribution in [-0.4, -0.2) is 17.6 Å². The maximum atomic E-state index is 12.4. The van der Waals surface area contributed by atoms with Crippen molar-refractivity contribution in [3.63, 3.8) is 0 Å². The molecule has 0 bridgehead atoms. The number of phenols is 1. The fourth-order valence-electron chi connectivity index (χ4n) is 3.19. The molecule has 0 aliphatic rings. The minimum atomic E-state index is -0.465. The normalized spacial score (nSPS) is 11.0. The highest BCUT2D eigenvalue weighted by molar-refractivity contribution is 6.30. The number of hydrogen-bond donors (Lipinski definition) is 2. The number of amides is 1. The molecule has 1 heterocycles. The van der Waals surface area contributed by atoms with Crippen LogP contribution in [0.5, 0.6) is 5.75 Å². The van der Waals surface area contributed by atoms with Gasteiger partial charge in [-0.05, 0) is 62.1 Å². The Morgan fingerprint density at radius 1 is 1.07 bits per heavy atom. The van der Waals surface area contributed by atoms with Crippen molar-refractivity contribution in [2.45, 2.75) is 33.1 Å². The van der Waals surface area contributed by atoms with Crippen LogP contribution in [0, 0.1) is 13.8 Å². The summed E-state index contributed by atoms with van der Waals surface area (Å²) in [4.78, 5) is 24.5. The maximum Gasteiger partial charge on any atom is 0.339 e. The smallest absolute Gasteiger partial charge is 0.339 e. The quantitative estimate of drug-likeness (QED) is 0.612. The third-order valence-electron chi connectivity index (χ3n) is 4.93. The van der Waals surface area contributed by atoms with Crippen molar-refractivity contribution in [2.24, 2.45) is 0 Å². The van der Waals surface area contributed by atoms with E-state index in [9.17, 15) is 14.7 Å². The van der Waals surface area contributed by atoms with E-state index >= 15 is 0 Å². The maximum absolute atomic E-state index is 12.4. The molecule has 0 saturated heterocycles. The minimum Gasteiger partial charge on any atom is -0.508 e. The van der Waals surface area contributed by atoms with Gasteiger partial charge in [0.15, 0.2) is 0 Å². The molecule has 2 aromatic carbocycles. The van der Waals surface area contributed by atoms with Crippen LogP contribution in [0.15, 0.2) is 45.6 Å². The summed E-state index contributed by atoms with van der Waals surface area (Å²) in [5.74, 6) is -0.0300. The van der Waals surface area contributed by atoms with E-state index in [1.807, 2.05) is 31.2 Å². The van der Waals surface area contributed by atoms with E-state index in [0.29, 0.717) is 41.1 Å². The summed E-state index contributed by atoms with van der Waals surface area (Å²) in [6.45, 7) is 4.06. The number of carbonyl (C=O) groups excluding carboxylic acids is 1. The Kier molecular flexibility index (Phi) is 6.05. The number of phenolic OH excluding ortho intramolecular Hbond substituents is 1. The largest absolute Gasteiger partial charge is 0.508 e. The summed E-state index contributed by atoms with van der Waals surface area (Å²) in [5, 5.41) is 14.1. The van der Waals surface area contributed by atoms with Gasteiger partial charge in [0, 0.05) is 34.5 Å². The van der Waals surface area contributed by atoms with E-state index < -0.39 is 5.63 Å². The van der Waals surface area contributed by atoms with Crippen LogP contribution in [0.1, 0.15) is 28.7 Å². The Hall–Kier alpha value is -2.79. The Morgan fingerprint density at radius 2 is 1.79 bits per heavy atom. The molecule has 0 spiro atoms. The number of aromatic hydroxyl groups is 1. The van der Waals surface area contributed by atoms with E-state index in [2.05, 4.69) is 5.32 Å². The number of carbonyl (C=O) groups is 1. The summed E-state index contributed by atoms with van der Waals surface area (Å²) >= 11 is 5.86. The van der Waals surface area contributed by atoms with Crippen molar-refractivity contribution in [1.29, 1.82) is 0 Å². The molecule has 5 nitrogen and oxygen atoms in total. The number of aryl methyl sites for hydroxylation is 2. The zero-order valence-corrected chi connectivity index (χ0v) is 16.6. The first-order valence-electron chi connectivity index (χ1n) is 9.13. The van der Waals surface area contributed by atoms with Crippen LogP contribution in [-0.2, 0) is 17.6 Å². The molecule has 0 saturated carbocycles. The molecular weight excluding hydrogens is 378 g/mol. The van der Waals surface area contributed by atoms with E-state index in [-0.39, 0.29) is 18.1 Å². The number of benzene rings is 2. The van der Waals surface area contributed by atoms with Crippen molar-refractivity contribution in [3.8, 4) is 5.75 Å². The molecule has 1 amide bonds. The molecule has 0 fully saturated rings. The Bertz CT molecular complexity index is 1070. The number of nitrogens with one attached hydrogen (secondary N) is 1. The van der Waals surface area contributed by atoms with Gasteiger partial charge >= 0.3 is 5.63 Å². The lowest BCUT2D eigenvalue weighted by Gasteiger charge is -2.10. The van der Waals surface area contributed by atoms with Gasteiger partial charge in [-0.15, -0.1) is 0 Å². The zero-order valence-electron chi connectivity index (χ0n) is 15.8. The van der Waals surface area contributed by atoms with Gasteiger partial charge < -0.3 is 14.8 Å². The van der Waals surface area contributed by atoms with Crippen LogP contribution in [0.4, 0.5) is 0 Å². The topological polar surface area (TPSA) is 79.5 Å². The fourth-order valence-corrected chi connectivity index (χ4v) is 3.32. The predicted octanol–water partition coefficient (Wildman–Crippen LogP) is 4.06. The third-order valence-corrected chi connectivity index (χ3v) is 5.18. The molecular formula is C22H22ClNO4. The van der Waals surface area contributed by atoms with Gasteiger partial charge in [-0.2, -0.15) is 0 Å². The van der Waals surface area contributed by atoms with Gasteiger partial charge in [0.05, 0.1) is 0 Å². The lowest BCUT2D eigenvalue weighted by atomic mass is 10.0. The second-order valence-corrected chi connectivity index (χ2v) is 7.24. The van der Waals surface area contributed by atoms with E-state index in [1.165, 1.54) is 0 Å². The molecule has 1 aromatic heterocycles. The van der Waals surface area contributed by atoms with E-state index in [1.54, 1.807) is 19.1 Å². The number of rotatable bonds is 6. The molecule has 0 aliphatic carbocycles. The predicted molar refractivity (Wildman–Crippen MR) is 110 cm³/mol. The first kappa shape index (κ1) is 20.0. The summed E-state index contributed by atoms with van der Waals surface area (Å²) in [6, 6.07) is 10.8. The minimum absolute atomic E-state index is 0.0860. The van der Waals surface area contributed by atoms with Crippen LogP contribution in [0.3, 0.4) is 0 Å². The van der Waals surface area contributed by atoms with Crippen LogP contribution in [0.25, 0.3) is 11.0 Å². The highest BCUT2D eigenvalue weighted by Gasteiger charge is 2.15. The van der Waals surface area contributed by atoms with Crippen LogP contribution >= 0.6 is 11.6 Å². The number of fused-ring (bicyclic) bond motifs is 1. The third kappa shape index (κ3) is 4.37. The average molecular weight is 400 g/mol. The second-order valence-electron chi connectivity index (χ2n) is 6.81. The van der Waals surface area contributed by atoms with Crippen LogP contribution < -0.4 is 10.9 Å². The molecule has 0 radical (unpaired) electrons. The second kappa shape index (κ2) is 8.48. The van der Waals surface area contributed by atoms with Gasteiger partial charge in [-0.1, -0.05) is 23.7 Å². The molecule has 28 heavy (non-hydrogen) atoms. The Labute approximate surface area is 167 Å². The first-order chi connectivity index (χ1) is 13.4. The molecule has 0 aliphatic heterocycles. The van der Waals surface area contributed by atoms with Crippen molar-refractivity contribution >= 4 is 28.5 Å². The highest BCUT2D eigenvalue weighted by Crippen LogP contribution is 2.28. The highest BCUT2D eigenvalue weighted by atomic mass is 35.5. The first-order valence-corrected chi connectivity index (χ1v) is 9.50. The Balaban J connectivity index is 1.63. The van der Waals surface area contributed by atoms with E-state index in [0.717, 1.165) is 16.5 Å². The fraction of sp³-hybridized carbons (Fsp3) is 0.273. The standard InChI is InChI=1S/C22H22ClNO4/c1-13-17-7-9-19(25)14(2)21(17)28-22(27)18(13)8-10-20(26)24-12-11-15-3-5-16(23)6-4-15/h3-7,9,25H,8,10-12H2,1-2H3,(H,24,26). The van der Waals surface area contributed by atoms with Gasteiger partial charge in [-0.25, -0.2) is 4.79 Å². The van der Waals surface area contributed by atoms with Crippen molar-refractivity contribution in [1.82, 2.24) is 5.32 Å².